The number of methoxy groups -OCH3 is 1. The minimum absolute atomic E-state index is 0.0478. The molecule has 4 rings (SSSR count). The zero-order chi connectivity index (χ0) is 20.4. The van der Waals surface area contributed by atoms with Gasteiger partial charge in [-0.25, -0.2) is 0 Å². The summed E-state index contributed by atoms with van der Waals surface area (Å²) in [7, 11) is 1.54. The second-order valence-electron chi connectivity index (χ2n) is 7.00. The molecule has 2 amide bonds. The standard InChI is InChI=1S/C21H22N4O4/c1-29-16-8-6-15(7-9-16)25(28)21(27)19-17-13-14(5-10-18(17)22-23-19)20(26)24-11-3-2-4-12-24/h5-10,13,28H,2-4,11-12H2,1H3,(H,22,23). The largest absolute Gasteiger partial charge is 0.497 e. The highest BCUT2D eigenvalue weighted by Gasteiger charge is 2.24. The minimum atomic E-state index is -0.691. The molecule has 3 aromatic rings. The molecule has 8 nitrogen and oxygen atoms in total. The van der Waals surface area contributed by atoms with Crippen LogP contribution in [0.5, 0.6) is 5.75 Å². The number of piperidine rings is 1. The molecule has 0 saturated carbocycles. The lowest BCUT2D eigenvalue weighted by Crippen LogP contribution is -2.35. The Kier molecular flexibility index (Phi) is 5.18. The smallest absolute Gasteiger partial charge is 0.303 e. The Morgan fingerprint density at radius 3 is 2.52 bits per heavy atom. The van der Waals surface area contributed by atoms with E-state index in [2.05, 4.69) is 10.2 Å². The lowest BCUT2D eigenvalue weighted by molar-refractivity contribution is 0.0724. The Morgan fingerprint density at radius 1 is 1.10 bits per heavy atom. The molecule has 8 heteroatoms. The highest BCUT2D eigenvalue weighted by Crippen LogP contribution is 2.24. The van der Waals surface area contributed by atoms with E-state index in [9.17, 15) is 14.8 Å². The summed E-state index contributed by atoms with van der Waals surface area (Å²) >= 11 is 0. The molecule has 29 heavy (non-hydrogen) atoms. The number of nitrogens with zero attached hydrogens (tertiary/aromatic N) is 3. The number of nitrogens with one attached hydrogen (secondary N) is 1. The van der Waals surface area contributed by atoms with Crippen LogP contribution in [0.1, 0.15) is 40.1 Å². The number of carbonyl (C=O) groups is 2. The molecule has 0 spiro atoms. The van der Waals surface area contributed by atoms with E-state index in [0.29, 0.717) is 27.3 Å². The molecular formula is C21H22N4O4. The van der Waals surface area contributed by atoms with Crippen molar-refractivity contribution >= 4 is 28.4 Å². The van der Waals surface area contributed by atoms with Gasteiger partial charge >= 0.3 is 5.91 Å². The fourth-order valence-electron chi connectivity index (χ4n) is 3.53. The third-order valence-electron chi connectivity index (χ3n) is 5.17. The number of amides is 2. The van der Waals surface area contributed by atoms with E-state index in [-0.39, 0.29) is 17.3 Å². The number of hydrogen-bond acceptors (Lipinski definition) is 5. The number of benzene rings is 2. The highest BCUT2D eigenvalue weighted by molar-refractivity contribution is 6.12. The Labute approximate surface area is 167 Å². The van der Waals surface area contributed by atoms with Gasteiger partial charge in [0, 0.05) is 24.0 Å². The van der Waals surface area contributed by atoms with E-state index >= 15 is 0 Å². The van der Waals surface area contributed by atoms with Gasteiger partial charge in [-0.2, -0.15) is 10.2 Å². The van der Waals surface area contributed by atoms with Gasteiger partial charge in [0.25, 0.3) is 5.91 Å². The Balaban J connectivity index is 1.62. The van der Waals surface area contributed by atoms with Crippen LogP contribution in [0.15, 0.2) is 42.5 Å². The number of carbonyl (C=O) groups excluding carboxylic acids is 2. The van der Waals surface area contributed by atoms with Gasteiger partial charge in [-0.15, -0.1) is 0 Å². The van der Waals surface area contributed by atoms with Crippen molar-refractivity contribution in [2.75, 3.05) is 25.3 Å². The molecule has 0 radical (unpaired) electrons. The fourth-order valence-corrected chi connectivity index (χ4v) is 3.53. The van der Waals surface area contributed by atoms with Gasteiger partial charge in [-0.05, 0) is 61.7 Å². The Bertz CT molecular complexity index is 1040. The summed E-state index contributed by atoms with van der Waals surface area (Å²) in [5.41, 5.74) is 1.45. The summed E-state index contributed by atoms with van der Waals surface area (Å²) in [5.74, 6) is -0.133. The van der Waals surface area contributed by atoms with Crippen LogP contribution in [0.25, 0.3) is 10.9 Å². The molecule has 0 atom stereocenters. The number of fused-ring (bicyclic) bond motifs is 1. The monoisotopic (exact) mass is 394 g/mol. The second kappa shape index (κ2) is 7.92. The topological polar surface area (TPSA) is 98.8 Å². The van der Waals surface area contributed by atoms with Gasteiger partial charge in [0.1, 0.15) is 5.75 Å². The summed E-state index contributed by atoms with van der Waals surface area (Å²) in [5, 5.41) is 18.3. The SMILES string of the molecule is COc1ccc(N(O)C(=O)c2n[nH]c3ccc(C(=O)N4CCCCC4)cc23)cc1. The number of rotatable bonds is 4. The van der Waals surface area contributed by atoms with E-state index in [4.69, 9.17) is 4.74 Å². The van der Waals surface area contributed by atoms with Crippen LogP contribution in [0.2, 0.25) is 0 Å². The predicted molar refractivity (Wildman–Crippen MR) is 107 cm³/mol. The number of hydrogen-bond donors (Lipinski definition) is 2. The number of anilines is 1. The molecule has 1 aromatic heterocycles. The van der Waals surface area contributed by atoms with Crippen LogP contribution in [0, 0.1) is 0 Å². The highest BCUT2D eigenvalue weighted by atomic mass is 16.5. The maximum absolute atomic E-state index is 12.8. The predicted octanol–water partition coefficient (Wildman–Crippen LogP) is 3.23. The zero-order valence-electron chi connectivity index (χ0n) is 16.1. The molecule has 2 aromatic carbocycles. The molecule has 2 N–H and O–H groups in total. The van der Waals surface area contributed by atoms with Crippen LogP contribution < -0.4 is 9.80 Å². The van der Waals surface area contributed by atoms with Gasteiger partial charge in [-0.1, -0.05) is 0 Å². The van der Waals surface area contributed by atoms with E-state index in [1.54, 1.807) is 42.5 Å². The lowest BCUT2D eigenvalue weighted by atomic mass is 10.1. The molecule has 1 aliphatic rings. The number of likely N-dealkylation sites (tertiary alicyclic amines) is 1. The molecule has 1 aliphatic heterocycles. The molecule has 150 valence electrons. The summed E-state index contributed by atoms with van der Waals surface area (Å²) in [6, 6.07) is 11.5. The van der Waals surface area contributed by atoms with Crippen LogP contribution in [-0.4, -0.2) is 52.3 Å². The van der Waals surface area contributed by atoms with Crippen molar-refractivity contribution in [2.45, 2.75) is 19.3 Å². The maximum atomic E-state index is 12.8. The van der Waals surface area contributed by atoms with Gasteiger partial charge in [0.15, 0.2) is 5.69 Å². The van der Waals surface area contributed by atoms with E-state index in [0.717, 1.165) is 32.4 Å². The first kappa shape index (κ1) is 18.9. The number of aromatic nitrogens is 2. The van der Waals surface area contributed by atoms with E-state index in [1.807, 2.05) is 4.90 Å². The number of hydroxylamine groups is 1. The first-order valence-electron chi connectivity index (χ1n) is 9.53. The van der Waals surface area contributed by atoms with Crippen molar-refractivity contribution in [2.24, 2.45) is 0 Å². The van der Waals surface area contributed by atoms with Crippen LogP contribution in [-0.2, 0) is 0 Å². The normalized spacial score (nSPS) is 14.1. The quantitative estimate of drug-likeness (QED) is 0.523. The van der Waals surface area contributed by atoms with Crippen LogP contribution in [0.3, 0.4) is 0 Å². The number of aromatic amines is 1. The third kappa shape index (κ3) is 3.66. The molecule has 0 bridgehead atoms. The summed E-state index contributed by atoms with van der Waals surface area (Å²) in [6.07, 6.45) is 3.15. The molecule has 0 unspecified atom stereocenters. The van der Waals surface area contributed by atoms with E-state index < -0.39 is 5.91 Å². The van der Waals surface area contributed by atoms with Crippen molar-refractivity contribution in [3.8, 4) is 5.75 Å². The van der Waals surface area contributed by atoms with Crippen molar-refractivity contribution in [3.05, 3.63) is 53.7 Å². The molecule has 1 saturated heterocycles. The number of ether oxygens (including phenoxy) is 1. The van der Waals surface area contributed by atoms with Crippen LogP contribution >= 0.6 is 0 Å². The van der Waals surface area contributed by atoms with Gasteiger partial charge in [0.05, 0.1) is 18.3 Å². The average molecular weight is 394 g/mol. The fraction of sp³-hybridized carbons (Fsp3) is 0.286. The van der Waals surface area contributed by atoms with E-state index in [1.165, 1.54) is 7.11 Å². The number of H-pyrrole nitrogens is 1. The van der Waals surface area contributed by atoms with Crippen molar-refractivity contribution < 1.29 is 19.5 Å². The minimum Gasteiger partial charge on any atom is -0.497 e. The zero-order valence-corrected chi connectivity index (χ0v) is 16.1. The maximum Gasteiger partial charge on any atom is 0.303 e. The Morgan fingerprint density at radius 2 is 1.83 bits per heavy atom. The van der Waals surface area contributed by atoms with Gasteiger partial charge < -0.3 is 9.64 Å². The Hall–Kier alpha value is -3.39. The van der Waals surface area contributed by atoms with Gasteiger partial charge in [0.2, 0.25) is 0 Å². The summed E-state index contributed by atoms with van der Waals surface area (Å²) in [6.45, 7) is 1.49. The first-order valence-corrected chi connectivity index (χ1v) is 9.53. The van der Waals surface area contributed by atoms with Gasteiger partial charge in [-0.3, -0.25) is 19.9 Å². The van der Waals surface area contributed by atoms with Crippen molar-refractivity contribution in [3.63, 3.8) is 0 Å². The second-order valence-corrected chi connectivity index (χ2v) is 7.00. The molecule has 2 heterocycles. The molecule has 1 fully saturated rings. The lowest BCUT2D eigenvalue weighted by Gasteiger charge is -2.26. The average Bonchev–Trinajstić information content (AvgIpc) is 3.21. The summed E-state index contributed by atoms with van der Waals surface area (Å²) < 4.78 is 5.09. The van der Waals surface area contributed by atoms with Crippen molar-refractivity contribution in [1.82, 2.24) is 15.1 Å². The van der Waals surface area contributed by atoms with Crippen LogP contribution in [0.4, 0.5) is 5.69 Å². The summed E-state index contributed by atoms with van der Waals surface area (Å²) in [4.78, 5) is 27.5. The third-order valence-corrected chi connectivity index (χ3v) is 5.17. The molecule has 0 aliphatic carbocycles. The first-order chi connectivity index (χ1) is 14.1. The van der Waals surface area contributed by atoms with Crippen molar-refractivity contribution in [1.29, 1.82) is 0 Å². The molecular weight excluding hydrogens is 372 g/mol.